The number of hydrogen-bond acceptors (Lipinski definition) is 4. The van der Waals surface area contributed by atoms with Crippen LogP contribution in [-0.2, 0) is 5.54 Å². The quantitative estimate of drug-likeness (QED) is 0.924. The summed E-state index contributed by atoms with van der Waals surface area (Å²) in [7, 11) is 4.32. The Morgan fingerprint density at radius 2 is 1.69 bits per heavy atom. The van der Waals surface area contributed by atoms with Crippen molar-refractivity contribution in [3.8, 4) is 0 Å². The summed E-state index contributed by atoms with van der Waals surface area (Å²) in [5.41, 5.74) is 1.98. The predicted octanol–water partition coefficient (Wildman–Crippen LogP) is 2.78. The van der Waals surface area contributed by atoms with Gasteiger partial charge in [0.1, 0.15) is 6.33 Å². The monoisotopic (exact) mass is 351 g/mol. The predicted molar refractivity (Wildman–Crippen MR) is 101 cm³/mol. The number of carbonyl (C=O) groups is 1. The molecule has 4 rings (SSSR count). The average Bonchev–Trinajstić information content (AvgIpc) is 3.00. The number of anilines is 1. The van der Waals surface area contributed by atoms with Gasteiger partial charge in [-0.3, -0.25) is 9.80 Å². The largest absolute Gasteiger partial charge is 0.330 e. The van der Waals surface area contributed by atoms with Gasteiger partial charge >= 0.3 is 6.03 Å². The summed E-state index contributed by atoms with van der Waals surface area (Å²) < 4.78 is 0. The van der Waals surface area contributed by atoms with Gasteiger partial charge < -0.3 is 5.32 Å². The molecule has 2 aliphatic rings. The molecule has 1 aromatic carbocycles. The Labute approximate surface area is 154 Å². The average molecular weight is 351 g/mol. The Bertz CT molecular complexity index is 769. The highest BCUT2D eigenvalue weighted by molar-refractivity contribution is 5.95. The fourth-order valence-corrected chi connectivity index (χ4v) is 4.52. The van der Waals surface area contributed by atoms with Gasteiger partial charge in [0.15, 0.2) is 0 Å². The fourth-order valence-electron chi connectivity index (χ4n) is 4.52. The Morgan fingerprint density at radius 3 is 2.31 bits per heavy atom. The zero-order chi connectivity index (χ0) is 18.2. The molecule has 2 amide bonds. The third-order valence-corrected chi connectivity index (χ3v) is 6.14. The first-order valence-electron chi connectivity index (χ1n) is 9.12. The number of rotatable bonds is 3. The number of nitrogens with zero attached hydrogens (tertiary/aromatic N) is 4. The smallest absolute Gasteiger partial charge is 0.322 e. The van der Waals surface area contributed by atoms with Gasteiger partial charge in [0, 0.05) is 5.54 Å². The highest BCUT2D eigenvalue weighted by Crippen LogP contribution is 2.46. The molecule has 2 aromatic rings. The number of amides is 2. The van der Waals surface area contributed by atoms with Gasteiger partial charge in [0.05, 0.1) is 30.2 Å². The van der Waals surface area contributed by atoms with Crippen molar-refractivity contribution in [1.82, 2.24) is 20.2 Å². The number of carbonyl (C=O) groups excluding carboxylic acids is 1. The Morgan fingerprint density at radius 1 is 1.04 bits per heavy atom. The highest BCUT2D eigenvalue weighted by atomic mass is 16.2. The van der Waals surface area contributed by atoms with E-state index in [9.17, 15) is 4.79 Å². The van der Waals surface area contributed by atoms with Gasteiger partial charge in [0.2, 0.25) is 0 Å². The summed E-state index contributed by atoms with van der Waals surface area (Å²) in [4.78, 5) is 24.8. The van der Waals surface area contributed by atoms with E-state index in [2.05, 4.69) is 64.6 Å². The highest BCUT2D eigenvalue weighted by Gasteiger charge is 2.50. The molecular weight excluding hydrogens is 326 g/mol. The van der Waals surface area contributed by atoms with E-state index in [1.807, 2.05) is 0 Å². The molecule has 26 heavy (non-hydrogen) atoms. The van der Waals surface area contributed by atoms with E-state index in [0.29, 0.717) is 6.54 Å². The van der Waals surface area contributed by atoms with Crippen molar-refractivity contribution >= 4 is 11.7 Å². The first-order valence-corrected chi connectivity index (χ1v) is 9.12. The van der Waals surface area contributed by atoms with E-state index < -0.39 is 0 Å². The van der Waals surface area contributed by atoms with Gasteiger partial charge in [0.25, 0.3) is 0 Å². The van der Waals surface area contributed by atoms with E-state index in [1.54, 1.807) is 17.3 Å². The second kappa shape index (κ2) is 6.36. The molecule has 1 saturated carbocycles. The van der Waals surface area contributed by atoms with Crippen molar-refractivity contribution in [2.45, 2.75) is 36.8 Å². The first-order chi connectivity index (χ1) is 12.5. The molecule has 0 atom stereocenters. The normalized spacial score (nSPS) is 28.6. The van der Waals surface area contributed by atoms with Crippen LogP contribution in [0.25, 0.3) is 0 Å². The molecule has 0 radical (unpaired) electrons. The van der Waals surface area contributed by atoms with Gasteiger partial charge in [-0.2, -0.15) is 0 Å². The van der Waals surface area contributed by atoms with Crippen molar-refractivity contribution in [3.05, 3.63) is 54.6 Å². The van der Waals surface area contributed by atoms with Crippen LogP contribution in [-0.4, -0.2) is 47.1 Å². The lowest BCUT2D eigenvalue weighted by atomic mass is 9.69. The zero-order valence-corrected chi connectivity index (χ0v) is 15.4. The van der Waals surface area contributed by atoms with Crippen LogP contribution in [0.1, 0.15) is 31.2 Å². The molecule has 1 aliphatic carbocycles. The van der Waals surface area contributed by atoms with E-state index in [4.69, 9.17) is 0 Å². The topological polar surface area (TPSA) is 61.4 Å². The Kier molecular flexibility index (Phi) is 4.15. The van der Waals surface area contributed by atoms with Crippen LogP contribution in [0.3, 0.4) is 0 Å². The number of hydrogen-bond donors (Lipinski definition) is 1. The standard InChI is InChI=1S/C20H25N5O/c1-24(2)20(16-6-4-3-5-7-16)10-8-19(9-11-20)14-25(18(26)23-19)17-12-21-15-22-13-17/h3-7,12-13,15H,8-11,14H2,1-2H3,(H,23,26)/t19-,20+. The SMILES string of the molecule is CN(C)[C@]1(c2ccccc2)CC[C@]2(CC1)CN(c1cncnc1)C(=O)N2. The second-order valence-corrected chi connectivity index (χ2v) is 7.69. The van der Waals surface area contributed by atoms with Crippen molar-refractivity contribution in [2.24, 2.45) is 0 Å². The fraction of sp³-hybridized carbons (Fsp3) is 0.450. The van der Waals surface area contributed by atoms with Crippen LogP contribution in [0.5, 0.6) is 0 Å². The molecule has 6 heteroatoms. The molecule has 2 fully saturated rings. The van der Waals surface area contributed by atoms with Crippen LogP contribution < -0.4 is 10.2 Å². The molecule has 136 valence electrons. The molecule has 1 N–H and O–H groups in total. The van der Waals surface area contributed by atoms with Crippen LogP contribution >= 0.6 is 0 Å². The van der Waals surface area contributed by atoms with Crippen molar-refractivity contribution < 1.29 is 4.79 Å². The minimum absolute atomic E-state index is 0.0283. The van der Waals surface area contributed by atoms with Gasteiger partial charge in [-0.15, -0.1) is 0 Å². The molecule has 1 aromatic heterocycles. The van der Waals surface area contributed by atoms with Crippen LogP contribution in [0.15, 0.2) is 49.1 Å². The lowest BCUT2D eigenvalue weighted by Gasteiger charge is -2.48. The summed E-state index contributed by atoms with van der Waals surface area (Å²) in [6.45, 7) is 0.678. The molecule has 1 aliphatic heterocycles. The first kappa shape index (κ1) is 17.0. The third-order valence-electron chi connectivity index (χ3n) is 6.14. The summed E-state index contributed by atoms with van der Waals surface area (Å²) in [5.74, 6) is 0. The van der Waals surface area contributed by atoms with Crippen molar-refractivity contribution in [3.63, 3.8) is 0 Å². The molecule has 6 nitrogen and oxygen atoms in total. The summed E-state index contributed by atoms with van der Waals surface area (Å²) in [6, 6.07) is 10.7. The van der Waals surface area contributed by atoms with Crippen LogP contribution in [0, 0.1) is 0 Å². The zero-order valence-electron chi connectivity index (χ0n) is 15.4. The van der Waals surface area contributed by atoms with Crippen molar-refractivity contribution in [1.29, 1.82) is 0 Å². The molecule has 0 unspecified atom stereocenters. The lowest BCUT2D eigenvalue weighted by molar-refractivity contribution is 0.0658. The molecular formula is C20H25N5O. The second-order valence-electron chi connectivity index (χ2n) is 7.69. The maximum Gasteiger partial charge on any atom is 0.322 e. The molecule has 2 heterocycles. The number of urea groups is 1. The number of benzene rings is 1. The maximum absolute atomic E-state index is 12.6. The summed E-state index contributed by atoms with van der Waals surface area (Å²) in [6.07, 6.45) is 8.82. The van der Waals surface area contributed by atoms with Crippen LogP contribution in [0.2, 0.25) is 0 Å². The number of nitrogens with one attached hydrogen (secondary N) is 1. The molecule has 1 spiro atoms. The van der Waals surface area contributed by atoms with E-state index in [0.717, 1.165) is 31.4 Å². The van der Waals surface area contributed by atoms with Gasteiger partial charge in [-0.25, -0.2) is 14.8 Å². The minimum atomic E-state index is -0.165. The van der Waals surface area contributed by atoms with Crippen LogP contribution in [0.4, 0.5) is 10.5 Å². The molecule has 0 bridgehead atoms. The maximum atomic E-state index is 12.6. The third kappa shape index (κ3) is 2.74. The Balaban J connectivity index is 1.55. The Hall–Kier alpha value is -2.47. The molecule has 1 saturated heterocycles. The van der Waals surface area contributed by atoms with E-state index in [-0.39, 0.29) is 17.1 Å². The van der Waals surface area contributed by atoms with Gasteiger partial charge in [-0.1, -0.05) is 30.3 Å². The number of aromatic nitrogens is 2. The summed E-state index contributed by atoms with van der Waals surface area (Å²) >= 11 is 0. The minimum Gasteiger partial charge on any atom is -0.330 e. The lowest BCUT2D eigenvalue weighted by Crippen LogP contribution is -2.54. The van der Waals surface area contributed by atoms with Gasteiger partial charge in [-0.05, 0) is 45.3 Å². The van der Waals surface area contributed by atoms with E-state index >= 15 is 0 Å². The van der Waals surface area contributed by atoms with Crippen molar-refractivity contribution in [2.75, 3.05) is 25.5 Å². The van der Waals surface area contributed by atoms with E-state index in [1.165, 1.54) is 11.9 Å². The summed E-state index contributed by atoms with van der Waals surface area (Å²) in [5, 5.41) is 3.26.